The van der Waals surface area contributed by atoms with Gasteiger partial charge in [-0.1, -0.05) is 25.1 Å². The summed E-state index contributed by atoms with van der Waals surface area (Å²) in [5, 5.41) is 0. The molecule has 0 bridgehead atoms. The summed E-state index contributed by atoms with van der Waals surface area (Å²) >= 11 is 0. The molecular weight excluding hydrogens is 310 g/mol. The first-order valence-corrected chi connectivity index (χ1v) is 9.08. The molecule has 1 aromatic heterocycles. The summed E-state index contributed by atoms with van der Waals surface area (Å²) in [7, 11) is -3.64. The zero-order valence-corrected chi connectivity index (χ0v) is 15.0. The smallest absolute Gasteiger partial charge is 0.238 e. The number of benzene rings is 1. The van der Waals surface area contributed by atoms with Crippen molar-refractivity contribution in [3.8, 4) is 11.3 Å². The number of nitrogens with one attached hydrogen (secondary N) is 1. The van der Waals surface area contributed by atoms with Crippen molar-refractivity contribution < 1.29 is 8.42 Å². The van der Waals surface area contributed by atoms with Gasteiger partial charge in [-0.2, -0.15) is 0 Å². The van der Waals surface area contributed by atoms with Crippen LogP contribution in [0.3, 0.4) is 0 Å². The number of sulfonamides is 1. The van der Waals surface area contributed by atoms with E-state index in [4.69, 9.17) is 0 Å². The number of hydrogen-bond donors (Lipinski definition) is 1. The molecule has 1 aromatic carbocycles. The van der Waals surface area contributed by atoms with Crippen molar-refractivity contribution in [1.29, 1.82) is 0 Å². The molecule has 0 aliphatic heterocycles. The van der Waals surface area contributed by atoms with Crippen LogP contribution in [0.4, 0.5) is 0 Å². The fourth-order valence-corrected chi connectivity index (χ4v) is 3.93. The molecule has 1 N–H and O–H groups in total. The first-order chi connectivity index (χ1) is 10.6. The van der Waals surface area contributed by atoms with Gasteiger partial charge in [0.15, 0.2) is 0 Å². The predicted octanol–water partition coefficient (Wildman–Crippen LogP) is 3.09. The van der Waals surface area contributed by atoms with Crippen LogP contribution in [0.1, 0.15) is 39.2 Å². The van der Waals surface area contributed by atoms with Gasteiger partial charge in [0, 0.05) is 23.2 Å². The molecule has 124 valence electrons. The molecule has 0 unspecified atom stereocenters. The standard InChI is InChI=1S/C17H23N3O2S/c1-6-16-18-12(2)11-14(19-16)13-9-7-8-10-15(13)23(21,22)20-17(3,4)5/h7-11,20H,6H2,1-5H3. The average molecular weight is 333 g/mol. The Kier molecular flexibility index (Phi) is 4.87. The Morgan fingerprint density at radius 1 is 1.13 bits per heavy atom. The first kappa shape index (κ1) is 17.6. The van der Waals surface area contributed by atoms with E-state index in [9.17, 15) is 8.42 Å². The summed E-state index contributed by atoms with van der Waals surface area (Å²) in [5.74, 6) is 0.705. The van der Waals surface area contributed by atoms with E-state index >= 15 is 0 Å². The summed E-state index contributed by atoms with van der Waals surface area (Å²) in [4.78, 5) is 9.07. The first-order valence-electron chi connectivity index (χ1n) is 7.60. The Balaban J connectivity index is 2.61. The third-order valence-electron chi connectivity index (χ3n) is 3.11. The monoisotopic (exact) mass is 333 g/mol. The van der Waals surface area contributed by atoms with Crippen molar-refractivity contribution in [2.24, 2.45) is 0 Å². The van der Waals surface area contributed by atoms with Gasteiger partial charge in [0.25, 0.3) is 0 Å². The molecule has 2 aromatic rings. The number of nitrogens with zero attached hydrogens (tertiary/aromatic N) is 2. The summed E-state index contributed by atoms with van der Waals surface area (Å²) < 4.78 is 28.1. The number of aryl methyl sites for hydroxylation is 2. The van der Waals surface area contributed by atoms with Gasteiger partial charge in [-0.25, -0.2) is 23.1 Å². The van der Waals surface area contributed by atoms with Crippen LogP contribution in [0.2, 0.25) is 0 Å². The fraction of sp³-hybridized carbons (Fsp3) is 0.412. The largest absolute Gasteiger partial charge is 0.241 e. The summed E-state index contributed by atoms with van der Waals surface area (Å²) in [5.41, 5.74) is 1.48. The molecule has 0 aliphatic rings. The number of hydrogen-bond acceptors (Lipinski definition) is 4. The zero-order valence-electron chi connectivity index (χ0n) is 14.2. The van der Waals surface area contributed by atoms with Gasteiger partial charge in [-0.3, -0.25) is 0 Å². The van der Waals surface area contributed by atoms with E-state index in [1.54, 1.807) is 18.2 Å². The van der Waals surface area contributed by atoms with Crippen LogP contribution in [0.15, 0.2) is 35.2 Å². The molecular formula is C17H23N3O2S. The highest BCUT2D eigenvalue weighted by atomic mass is 32.2. The predicted molar refractivity (Wildman–Crippen MR) is 91.7 cm³/mol. The lowest BCUT2D eigenvalue weighted by atomic mass is 10.1. The van der Waals surface area contributed by atoms with Gasteiger partial charge in [0.05, 0.1) is 10.6 Å². The van der Waals surface area contributed by atoms with Gasteiger partial charge in [0.2, 0.25) is 10.0 Å². The van der Waals surface area contributed by atoms with E-state index in [1.807, 2.05) is 46.8 Å². The molecule has 0 fully saturated rings. The van der Waals surface area contributed by atoms with E-state index in [2.05, 4.69) is 14.7 Å². The molecule has 6 heteroatoms. The van der Waals surface area contributed by atoms with Gasteiger partial charge in [-0.15, -0.1) is 0 Å². The van der Waals surface area contributed by atoms with E-state index in [-0.39, 0.29) is 4.90 Å². The Bertz CT molecular complexity index is 809. The van der Waals surface area contributed by atoms with E-state index in [0.29, 0.717) is 23.5 Å². The van der Waals surface area contributed by atoms with Crippen LogP contribution in [0, 0.1) is 6.92 Å². The second-order valence-electron chi connectivity index (χ2n) is 6.52. The third kappa shape index (κ3) is 4.36. The van der Waals surface area contributed by atoms with Crippen LogP contribution in [-0.4, -0.2) is 23.9 Å². The van der Waals surface area contributed by atoms with Gasteiger partial charge < -0.3 is 0 Å². The Morgan fingerprint density at radius 3 is 2.39 bits per heavy atom. The Morgan fingerprint density at radius 2 is 1.78 bits per heavy atom. The molecule has 0 aliphatic carbocycles. The maximum Gasteiger partial charge on any atom is 0.241 e. The maximum absolute atomic E-state index is 12.7. The molecule has 23 heavy (non-hydrogen) atoms. The average Bonchev–Trinajstić information content (AvgIpc) is 2.44. The molecule has 0 saturated carbocycles. The molecule has 0 amide bonds. The van der Waals surface area contributed by atoms with Crippen LogP contribution >= 0.6 is 0 Å². The molecule has 0 radical (unpaired) electrons. The van der Waals surface area contributed by atoms with Gasteiger partial charge in [-0.05, 0) is 39.8 Å². The highest BCUT2D eigenvalue weighted by Gasteiger charge is 2.25. The van der Waals surface area contributed by atoms with Crippen LogP contribution < -0.4 is 4.72 Å². The molecule has 0 spiro atoms. The minimum atomic E-state index is -3.64. The fourth-order valence-electron chi connectivity index (χ4n) is 2.30. The highest BCUT2D eigenvalue weighted by Crippen LogP contribution is 2.27. The lowest BCUT2D eigenvalue weighted by molar-refractivity contribution is 0.491. The van der Waals surface area contributed by atoms with Gasteiger partial charge in [0.1, 0.15) is 5.82 Å². The van der Waals surface area contributed by atoms with Gasteiger partial charge >= 0.3 is 0 Å². The van der Waals surface area contributed by atoms with Crippen molar-refractivity contribution in [3.05, 3.63) is 41.9 Å². The van der Waals surface area contributed by atoms with E-state index < -0.39 is 15.6 Å². The Hall–Kier alpha value is -1.79. The van der Waals surface area contributed by atoms with Crippen molar-refractivity contribution in [2.45, 2.75) is 51.5 Å². The molecule has 2 rings (SSSR count). The highest BCUT2D eigenvalue weighted by molar-refractivity contribution is 7.89. The van der Waals surface area contributed by atoms with Crippen molar-refractivity contribution >= 4 is 10.0 Å². The molecule has 1 heterocycles. The molecule has 0 atom stereocenters. The van der Waals surface area contributed by atoms with E-state index in [0.717, 1.165) is 5.69 Å². The van der Waals surface area contributed by atoms with Crippen molar-refractivity contribution in [2.75, 3.05) is 0 Å². The SMILES string of the molecule is CCc1nc(C)cc(-c2ccccc2S(=O)(=O)NC(C)(C)C)n1. The lowest BCUT2D eigenvalue weighted by Gasteiger charge is -2.21. The quantitative estimate of drug-likeness (QED) is 0.933. The number of rotatable bonds is 4. The van der Waals surface area contributed by atoms with Crippen LogP contribution in [-0.2, 0) is 16.4 Å². The third-order valence-corrected chi connectivity index (χ3v) is 4.93. The minimum Gasteiger partial charge on any atom is -0.238 e. The zero-order chi connectivity index (χ0) is 17.3. The molecule has 5 nitrogen and oxygen atoms in total. The van der Waals surface area contributed by atoms with Crippen molar-refractivity contribution in [1.82, 2.24) is 14.7 Å². The summed E-state index contributed by atoms with van der Waals surface area (Å²) in [6.07, 6.45) is 0.698. The topological polar surface area (TPSA) is 72.0 Å². The van der Waals surface area contributed by atoms with Crippen LogP contribution in [0.25, 0.3) is 11.3 Å². The maximum atomic E-state index is 12.7. The normalized spacial score (nSPS) is 12.4. The number of aromatic nitrogens is 2. The van der Waals surface area contributed by atoms with Crippen LogP contribution in [0.5, 0.6) is 0 Å². The second-order valence-corrected chi connectivity index (χ2v) is 8.17. The Labute approximate surface area is 138 Å². The summed E-state index contributed by atoms with van der Waals surface area (Å²) in [6, 6.07) is 8.72. The second kappa shape index (κ2) is 6.37. The van der Waals surface area contributed by atoms with E-state index in [1.165, 1.54) is 0 Å². The lowest BCUT2D eigenvalue weighted by Crippen LogP contribution is -2.40. The van der Waals surface area contributed by atoms with Crippen molar-refractivity contribution in [3.63, 3.8) is 0 Å². The molecule has 0 saturated heterocycles. The minimum absolute atomic E-state index is 0.232. The summed E-state index contributed by atoms with van der Waals surface area (Å²) in [6.45, 7) is 9.31.